The summed E-state index contributed by atoms with van der Waals surface area (Å²) in [4.78, 5) is 22.0. The first-order valence-corrected chi connectivity index (χ1v) is 6.08. The SMILES string of the molecule is CC(=O)NCCCNc1cc(C(C)=O)ccc1C#N. The van der Waals surface area contributed by atoms with E-state index in [1.54, 1.807) is 18.2 Å². The van der Waals surface area contributed by atoms with E-state index in [9.17, 15) is 9.59 Å². The number of ketones is 1. The van der Waals surface area contributed by atoms with Crippen molar-refractivity contribution in [3.8, 4) is 6.07 Å². The number of carbonyl (C=O) groups excluding carboxylic acids is 2. The van der Waals surface area contributed by atoms with Crippen LogP contribution >= 0.6 is 0 Å². The highest BCUT2D eigenvalue weighted by Gasteiger charge is 2.05. The molecule has 0 saturated heterocycles. The Balaban J connectivity index is 2.61. The van der Waals surface area contributed by atoms with E-state index in [4.69, 9.17) is 5.26 Å². The highest BCUT2D eigenvalue weighted by molar-refractivity contribution is 5.95. The van der Waals surface area contributed by atoms with Gasteiger partial charge in [0, 0.05) is 25.6 Å². The highest BCUT2D eigenvalue weighted by atomic mass is 16.1. The third-order valence-electron chi connectivity index (χ3n) is 2.59. The number of hydrogen-bond acceptors (Lipinski definition) is 4. The molecule has 0 heterocycles. The maximum atomic E-state index is 11.3. The molecule has 0 unspecified atom stereocenters. The van der Waals surface area contributed by atoms with Crippen LogP contribution in [0, 0.1) is 11.3 Å². The minimum absolute atomic E-state index is 0.0363. The molecule has 0 aromatic heterocycles. The molecule has 19 heavy (non-hydrogen) atoms. The lowest BCUT2D eigenvalue weighted by Crippen LogP contribution is -2.22. The molecule has 0 saturated carbocycles. The van der Waals surface area contributed by atoms with Gasteiger partial charge in [-0.1, -0.05) is 0 Å². The van der Waals surface area contributed by atoms with Crippen molar-refractivity contribution in [2.45, 2.75) is 20.3 Å². The van der Waals surface area contributed by atoms with Gasteiger partial charge in [-0.05, 0) is 31.5 Å². The van der Waals surface area contributed by atoms with Crippen LogP contribution in [0.5, 0.6) is 0 Å². The van der Waals surface area contributed by atoms with E-state index >= 15 is 0 Å². The van der Waals surface area contributed by atoms with Crippen LogP contribution in [-0.4, -0.2) is 24.8 Å². The van der Waals surface area contributed by atoms with Gasteiger partial charge in [-0.3, -0.25) is 9.59 Å². The van der Waals surface area contributed by atoms with Gasteiger partial charge in [0.15, 0.2) is 5.78 Å². The number of anilines is 1. The molecule has 0 aliphatic heterocycles. The Hall–Kier alpha value is -2.35. The Labute approximate surface area is 112 Å². The summed E-state index contributed by atoms with van der Waals surface area (Å²) >= 11 is 0. The quantitative estimate of drug-likeness (QED) is 0.601. The van der Waals surface area contributed by atoms with Gasteiger partial charge >= 0.3 is 0 Å². The number of nitrogens with zero attached hydrogens (tertiary/aromatic N) is 1. The van der Waals surface area contributed by atoms with Crippen LogP contribution in [0.25, 0.3) is 0 Å². The molecule has 0 atom stereocenters. The smallest absolute Gasteiger partial charge is 0.216 e. The molecule has 0 aliphatic rings. The second kappa shape index (κ2) is 7.17. The molecule has 0 aliphatic carbocycles. The fourth-order valence-corrected chi connectivity index (χ4v) is 1.58. The van der Waals surface area contributed by atoms with Gasteiger partial charge in [0.1, 0.15) is 6.07 Å². The summed E-state index contributed by atoms with van der Waals surface area (Å²) in [5, 5.41) is 14.8. The highest BCUT2D eigenvalue weighted by Crippen LogP contribution is 2.17. The lowest BCUT2D eigenvalue weighted by Gasteiger charge is -2.09. The van der Waals surface area contributed by atoms with Crippen molar-refractivity contribution in [2.75, 3.05) is 18.4 Å². The van der Waals surface area contributed by atoms with Gasteiger partial charge in [0.05, 0.1) is 11.3 Å². The van der Waals surface area contributed by atoms with Crippen molar-refractivity contribution in [3.05, 3.63) is 29.3 Å². The Bertz CT molecular complexity index is 518. The first-order valence-electron chi connectivity index (χ1n) is 6.08. The summed E-state index contributed by atoms with van der Waals surface area (Å²) in [7, 11) is 0. The van der Waals surface area contributed by atoms with Gasteiger partial charge < -0.3 is 10.6 Å². The summed E-state index contributed by atoms with van der Waals surface area (Å²) in [6.45, 7) is 4.16. The zero-order chi connectivity index (χ0) is 14.3. The predicted octanol–water partition coefficient (Wildman–Crippen LogP) is 1.70. The lowest BCUT2D eigenvalue weighted by molar-refractivity contribution is -0.118. The summed E-state index contributed by atoms with van der Waals surface area (Å²) < 4.78 is 0. The van der Waals surface area contributed by atoms with Crippen LogP contribution in [0.15, 0.2) is 18.2 Å². The van der Waals surface area contributed by atoms with E-state index < -0.39 is 0 Å². The number of benzene rings is 1. The maximum Gasteiger partial charge on any atom is 0.216 e. The molecule has 5 nitrogen and oxygen atoms in total. The molecule has 0 radical (unpaired) electrons. The molecule has 1 amide bonds. The number of amides is 1. The third-order valence-corrected chi connectivity index (χ3v) is 2.59. The molecule has 0 spiro atoms. The molecule has 1 aromatic carbocycles. The van der Waals surface area contributed by atoms with Crippen molar-refractivity contribution >= 4 is 17.4 Å². The number of nitrogens with one attached hydrogen (secondary N) is 2. The van der Waals surface area contributed by atoms with E-state index in [-0.39, 0.29) is 11.7 Å². The Morgan fingerprint density at radius 2 is 2.00 bits per heavy atom. The standard InChI is InChI=1S/C14H17N3O2/c1-10(18)12-4-5-13(9-15)14(8-12)17-7-3-6-16-11(2)19/h4-5,8,17H,3,6-7H2,1-2H3,(H,16,19). The largest absolute Gasteiger partial charge is 0.384 e. The van der Waals surface area contributed by atoms with Crippen LogP contribution in [0.4, 0.5) is 5.69 Å². The first kappa shape index (κ1) is 14.7. The van der Waals surface area contributed by atoms with Gasteiger partial charge in [0.2, 0.25) is 5.91 Å². The average Bonchev–Trinajstić information content (AvgIpc) is 2.37. The number of hydrogen-bond donors (Lipinski definition) is 2. The van der Waals surface area contributed by atoms with E-state index in [1.807, 2.05) is 0 Å². The lowest BCUT2D eigenvalue weighted by atomic mass is 10.1. The van der Waals surface area contributed by atoms with Crippen LogP contribution in [0.2, 0.25) is 0 Å². The zero-order valence-electron chi connectivity index (χ0n) is 11.1. The molecule has 0 bridgehead atoms. The zero-order valence-corrected chi connectivity index (χ0v) is 11.1. The molecular formula is C14H17N3O2. The van der Waals surface area contributed by atoms with E-state index in [0.717, 1.165) is 6.42 Å². The Morgan fingerprint density at radius 1 is 1.26 bits per heavy atom. The summed E-state index contributed by atoms with van der Waals surface area (Å²) in [6, 6.07) is 7.03. The monoisotopic (exact) mass is 259 g/mol. The minimum Gasteiger partial charge on any atom is -0.384 e. The van der Waals surface area contributed by atoms with Crippen LogP contribution in [-0.2, 0) is 4.79 Å². The second-order valence-corrected chi connectivity index (χ2v) is 4.19. The fraction of sp³-hybridized carbons (Fsp3) is 0.357. The number of carbonyl (C=O) groups is 2. The molecule has 2 N–H and O–H groups in total. The number of nitriles is 1. The number of Topliss-reactive ketones (excluding diaryl/α,β-unsaturated/α-hetero) is 1. The van der Waals surface area contributed by atoms with Crippen molar-refractivity contribution in [1.29, 1.82) is 5.26 Å². The van der Waals surface area contributed by atoms with Gasteiger partial charge in [-0.2, -0.15) is 5.26 Å². The van der Waals surface area contributed by atoms with Crippen molar-refractivity contribution in [2.24, 2.45) is 0 Å². The van der Waals surface area contributed by atoms with Gasteiger partial charge in [0.25, 0.3) is 0 Å². The molecule has 1 aromatic rings. The molecular weight excluding hydrogens is 242 g/mol. The van der Waals surface area contributed by atoms with Crippen molar-refractivity contribution in [3.63, 3.8) is 0 Å². The summed E-state index contributed by atoms with van der Waals surface area (Å²) in [5.41, 5.74) is 1.73. The summed E-state index contributed by atoms with van der Waals surface area (Å²) in [5.74, 6) is -0.0953. The van der Waals surface area contributed by atoms with E-state index in [0.29, 0.717) is 29.9 Å². The normalized spacial score (nSPS) is 9.53. The van der Waals surface area contributed by atoms with Crippen molar-refractivity contribution in [1.82, 2.24) is 5.32 Å². The van der Waals surface area contributed by atoms with E-state index in [1.165, 1.54) is 13.8 Å². The molecule has 1 rings (SSSR count). The van der Waals surface area contributed by atoms with Gasteiger partial charge in [-0.25, -0.2) is 0 Å². The first-order chi connectivity index (χ1) is 9.04. The Morgan fingerprint density at radius 3 is 2.58 bits per heavy atom. The fourth-order valence-electron chi connectivity index (χ4n) is 1.58. The summed E-state index contributed by atoms with van der Waals surface area (Å²) in [6.07, 6.45) is 0.745. The number of rotatable bonds is 6. The average molecular weight is 259 g/mol. The van der Waals surface area contributed by atoms with Crippen LogP contribution in [0.1, 0.15) is 36.2 Å². The molecule has 0 fully saturated rings. The Kier molecular flexibility index (Phi) is 5.55. The van der Waals surface area contributed by atoms with Gasteiger partial charge in [-0.15, -0.1) is 0 Å². The topological polar surface area (TPSA) is 82.0 Å². The third kappa shape index (κ3) is 4.80. The molecule has 5 heteroatoms. The maximum absolute atomic E-state index is 11.3. The van der Waals surface area contributed by atoms with Crippen LogP contribution in [0.3, 0.4) is 0 Å². The van der Waals surface area contributed by atoms with E-state index in [2.05, 4.69) is 16.7 Å². The minimum atomic E-state index is -0.0590. The van der Waals surface area contributed by atoms with Crippen molar-refractivity contribution < 1.29 is 9.59 Å². The predicted molar refractivity (Wildman–Crippen MR) is 73.0 cm³/mol. The molecule has 100 valence electrons. The van der Waals surface area contributed by atoms with Crippen LogP contribution < -0.4 is 10.6 Å². The second-order valence-electron chi connectivity index (χ2n) is 4.19.